The van der Waals surface area contributed by atoms with Crippen LogP contribution in [0.15, 0.2) is 18.2 Å². The largest absolute Gasteiger partial charge is 0.380 e. The maximum atomic E-state index is 14.3. The molecule has 5 nitrogen and oxygen atoms in total. The number of anilines is 1. The van der Waals surface area contributed by atoms with E-state index in [4.69, 9.17) is 4.74 Å². The summed E-state index contributed by atoms with van der Waals surface area (Å²) in [6, 6.07) is 5.00. The third kappa shape index (κ3) is 3.64. The molecule has 6 heteroatoms. The first kappa shape index (κ1) is 16.2. The number of rotatable bonds is 4. The van der Waals surface area contributed by atoms with E-state index in [0.29, 0.717) is 50.4 Å². The summed E-state index contributed by atoms with van der Waals surface area (Å²) in [5, 5.41) is 12.9. The number of hydrogen-bond acceptors (Lipinski definition) is 4. The summed E-state index contributed by atoms with van der Waals surface area (Å²) < 4.78 is 19.6. The summed E-state index contributed by atoms with van der Waals surface area (Å²) in [7, 11) is 0. The molecule has 2 N–H and O–H groups in total. The number of benzene rings is 1. The Morgan fingerprint density at radius 3 is 2.65 bits per heavy atom. The topological polar surface area (TPSA) is 61.8 Å². The Hall–Kier alpha value is -1.66. The molecule has 1 saturated heterocycles. The summed E-state index contributed by atoms with van der Waals surface area (Å²) >= 11 is 0. The van der Waals surface area contributed by atoms with E-state index in [-0.39, 0.29) is 18.3 Å². The molecule has 126 valence electrons. The molecule has 0 bridgehead atoms. The number of carbonyl (C=O) groups excluding carboxylic acids is 1. The molecule has 0 aromatic heterocycles. The molecule has 0 atom stereocenters. The number of carbonyl (C=O) groups is 1. The van der Waals surface area contributed by atoms with Crippen molar-refractivity contribution in [3.63, 3.8) is 0 Å². The van der Waals surface area contributed by atoms with Crippen LogP contribution in [0, 0.1) is 5.82 Å². The second kappa shape index (κ2) is 6.84. The lowest BCUT2D eigenvalue weighted by Gasteiger charge is -2.29. The fourth-order valence-electron chi connectivity index (χ4n) is 3.25. The number of aliphatic hydroxyl groups is 1. The zero-order chi connectivity index (χ0) is 16.3. The molecule has 0 spiro atoms. The summed E-state index contributed by atoms with van der Waals surface area (Å²) in [4.78, 5) is 14.0. The van der Waals surface area contributed by atoms with Gasteiger partial charge in [-0.2, -0.15) is 0 Å². The molecule has 1 aliphatic heterocycles. The van der Waals surface area contributed by atoms with Gasteiger partial charge in [-0.3, -0.25) is 4.79 Å². The van der Waals surface area contributed by atoms with Crippen LogP contribution in [-0.4, -0.2) is 42.9 Å². The zero-order valence-corrected chi connectivity index (χ0v) is 13.2. The normalized spacial score (nSPS) is 20.5. The predicted octanol–water partition coefficient (Wildman–Crippen LogP) is 1.58. The van der Waals surface area contributed by atoms with E-state index in [1.807, 2.05) is 11.0 Å². The third-order valence-electron chi connectivity index (χ3n) is 4.67. The Kier molecular flexibility index (Phi) is 4.82. The summed E-state index contributed by atoms with van der Waals surface area (Å²) in [6.07, 6.45) is 2.74. The van der Waals surface area contributed by atoms with Crippen molar-refractivity contribution in [2.75, 3.05) is 31.2 Å². The minimum absolute atomic E-state index is 0.224. The second-order valence-corrected chi connectivity index (χ2v) is 6.31. The van der Waals surface area contributed by atoms with Crippen molar-refractivity contribution < 1.29 is 19.0 Å². The lowest BCUT2D eigenvalue weighted by Crippen LogP contribution is -2.44. The lowest BCUT2D eigenvalue weighted by molar-refractivity contribution is -0.139. The third-order valence-corrected chi connectivity index (χ3v) is 4.67. The molecule has 1 saturated carbocycles. The number of nitrogens with one attached hydrogen (secondary N) is 1. The highest BCUT2D eigenvalue weighted by atomic mass is 19.1. The Morgan fingerprint density at radius 1 is 1.30 bits per heavy atom. The highest BCUT2D eigenvalue weighted by Gasteiger charge is 2.38. The highest BCUT2D eigenvalue weighted by molar-refractivity contribution is 5.85. The van der Waals surface area contributed by atoms with Crippen molar-refractivity contribution in [3.05, 3.63) is 29.6 Å². The van der Waals surface area contributed by atoms with Crippen molar-refractivity contribution in [1.82, 2.24) is 5.32 Å². The van der Waals surface area contributed by atoms with Crippen LogP contribution in [0.2, 0.25) is 0 Å². The van der Waals surface area contributed by atoms with Gasteiger partial charge in [0.25, 0.3) is 5.91 Å². The first-order valence-electron chi connectivity index (χ1n) is 8.20. The molecule has 0 radical (unpaired) electrons. The van der Waals surface area contributed by atoms with Crippen LogP contribution in [0.25, 0.3) is 0 Å². The Labute approximate surface area is 135 Å². The van der Waals surface area contributed by atoms with Crippen molar-refractivity contribution in [2.45, 2.75) is 37.8 Å². The minimum Gasteiger partial charge on any atom is -0.380 e. The number of nitrogens with zero attached hydrogens (tertiary/aromatic N) is 1. The van der Waals surface area contributed by atoms with Gasteiger partial charge in [-0.15, -0.1) is 0 Å². The van der Waals surface area contributed by atoms with E-state index in [9.17, 15) is 14.3 Å². The van der Waals surface area contributed by atoms with Crippen LogP contribution in [0.1, 0.15) is 31.2 Å². The summed E-state index contributed by atoms with van der Waals surface area (Å²) in [5.74, 6) is -0.647. The zero-order valence-electron chi connectivity index (χ0n) is 13.2. The van der Waals surface area contributed by atoms with Gasteiger partial charge in [0.15, 0.2) is 0 Å². The van der Waals surface area contributed by atoms with Crippen LogP contribution >= 0.6 is 0 Å². The number of hydrogen-bond donors (Lipinski definition) is 2. The molecule has 23 heavy (non-hydrogen) atoms. The van der Waals surface area contributed by atoms with Gasteiger partial charge in [0, 0.05) is 19.6 Å². The number of ether oxygens (including phenoxy) is 1. The van der Waals surface area contributed by atoms with Crippen molar-refractivity contribution >= 4 is 11.6 Å². The van der Waals surface area contributed by atoms with Crippen molar-refractivity contribution in [1.29, 1.82) is 0 Å². The molecular formula is C17H23FN2O3. The van der Waals surface area contributed by atoms with E-state index >= 15 is 0 Å². The van der Waals surface area contributed by atoms with Crippen LogP contribution in [0.3, 0.4) is 0 Å². The molecular weight excluding hydrogens is 299 g/mol. The molecule has 2 aliphatic rings. The van der Waals surface area contributed by atoms with Gasteiger partial charge < -0.3 is 20.1 Å². The number of amides is 1. The summed E-state index contributed by atoms with van der Waals surface area (Å²) in [6.45, 7) is 2.80. The molecule has 1 aliphatic carbocycles. The molecule has 1 aromatic rings. The summed E-state index contributed by atoms with van der Waals surface area (Å²) in [5.41, 5.74) is 0.0130. The van der Waals surface area contributed by atoms with Gasteiger partial charge in [-0.05, 0) is 43.4 Å². The second-order valence-electron chi connectivity index (χ2n) is 6.31. The molecule has 1 aromatic carbocycles. The Bertz CT molecular complexity index is 567. The van der Waals surface area contributed by atoms with Crippen LogP contribution in [0.5, 0.6) is 0 Å². The Balaban J connectivity index is 1.60. The fraction of sp³-hybridized carbons (Fsp3) is 0.588. The van der Waals surface area contributed by atoms with Crippen LogP contribution in [0.4, 0.5) is 10.1 Å². The van der Waals surface area contributed by atoms with Gasteiger partial charge in [0.05, 0.1) is 18.9 Å². The van der Waals surface area contributed by atoms with E-state index in [2.05, 4.69) is 5.32 Å². The van der Waals surface area contributed by atoms with Crippen molar-refractivity contribution in [3.8, 4) is 0 Å². The highest BCUT2D eigenvalue weighted by Crippen LogP contribution is 2.29. The Morgan fingerprint density at radius 2 is 2.00 bits per heavy atom. The minimum atomic E-state index is -1.24. The van der Waals surface area contributed by atoms with Crippen LogP contribution in [-0.2, 0) is 16.1 Å². The quantitative estimate of drug-likeness (QED) is 0.884. The number of morpholine rings is 1. The molecule has 1 heterocycles. The SMILES string of the molecule is O=C(NCc1ccc(N2CCOCC2)c(F)c1)C1(O)CCCC1. The van der Waals surface area contributed by atoms with Crippen LogP contribution < -0.4 is 10.2 Å². The van der Waals surface area contributed by atoms with E-state index in [1.165, 1.54) is 6.07 Å². The molecule has 0 unspecified atom stereocenters. The van der Waals surface area contributed by atoms with E-state index < -0.39 is 5.60 Å². The van der Waals surface area contributed by atoms with Gasteiger partial charge >= 0.3 is 0 Å². The average Bonchev–Trinajstić information content (AvgIpc) is 3.01. The average molecular weight is 322 g/mol. The first-order valence-corrected chi connectivity index (χ1v) is 8.20. The van der Waals surface area contributed by atoms with Gasteiger partial charge in [0.2, 0.25) is 0 Å². The standard InChI is InChI=1S/C17H23FN2O3/c18-14-11-13(3-4-15(14)20-7-9-23-10-8-20)12-19-16(21)17(22)5-1-2-6-17/h3-4,11,22H,1-2,5-10,12H2,(H,19,21). The van der Waals surface area contributed by atoms with Crippen molar-refractivity contribution in [2.24, 2.45) is 0 Å². The maximum absolute atomic E-state index is 14.3. The van der Waals surface area contributed by atoms with Gasteiger partial charge in [-0.25, -0.2) is 4.39 Å². The number of halogens is 1. The molecule has 2 fully saturated rings. The monoisotopic (exact) mass is 322 g/mol. The first-order chi connectivity index (χ1) is 11.1. The van der Waals surface area contributed by atoms with Gasteiger partial charge in [-0.1, -0.05) is 6.07 Å². The van der Waals surface area contributed by atoms with Gasteiger partial charge in [0.1, 0.15) is 11.4 Å². The predicted molar refractivity (Wildman–Crippen MR) is 84.7 cm³/mol. The lowest BCUT2D eigenvalue weighted by atomic mass is 10.0. The maximum Gasteiger partial charge on any atom is 0.252 e. The van der Waals surface area contributed by atoms with E-state index in [0.717, 1.165) is 12.8 Å². The smallest absolute Gasteiger partial charge is 0.252 e. The molecule has 3 rings (SSSR count). The van der Waals surface area contributed by atoms with E-state index in [1.54, 1.807) is 6.07 Å². The fourth-order valence-corrected chi connectivity index (χ4v) is 3.25. The molecule has 1 amide bonds.